The maximum absolute atomic E-state index is 11.2. The number of nitrogens with zero attached hydrogens (tertiary/aromatic N) is 1. The molecule has 0 saturated carbocycles. The van der Waals surface area contributed by atoms with E-state index in [1.165, 1.54) is 0 Å². The molecule has 15 heavy (non-hydrogen) atoms. The lowest BCUT2D eigenvalue weighted by molar-refractivity contribution is -0.123. The van der Waals surface area contributed by atoms with Crippen LogP contribution >= 0.6 is 0 Å². The van der Waals surface area contributed by atoms with Gasteiger partial charge in [-0.05, 0) is 18.4 Å². The molecule has 0 radical (unpaired) electrons. The second-order valence-corrected chi connectivity index (χ2v) is 5.47. The van der Waals surface area contributed by atoms with Crippen LogP contribution in [0.5, 0.6) is 0 Å². The molecule has 1 atom stereocenters. The standard InChI is InChI=1S/C11H23N3O/c1-11(2,3)4-6-14-7-5-13-8-9(14)10(12)15/h9,13H,4-8H2,1-3H3,(H2,12,15). The van der Waals surface area contributed by atoms with Crippen molar-refractivity contribution < 1.29 is 4.79 Å². The van der Waals surface area contributed by atoms with Crippen LogP contribution in [0.25, 0.3) is 0 Å². The molecule has 0 bridgehead atoms. The number of carbonyl (C=O) groups is 1. The lowest BCUT2D eigenvalue weighted by Crippen LogP contribution is -2.57. The van der Waals surface area contributed by atoms with Crippen LogP contribution in [0.15, 0.2) is 0 Å². The van der Waals surface area contributed by atoms with E-state index in [2.05, 4.69) is 31.0 Å². The van der Waals surface area contributed by atoms with Gasteiger partial charge in [-0.1, -0.05) is 20.8 Å². The zero-order valence-corrected chi connectivity index (χ0v) is 10.0. The summed E-state index contributed by atoms with van der Waals surface area (Å²) >= 11 is 0. The topological polar surface area (TPSA) is 58.4 Å². The summed E-state index contributed by atoms with van der Waals surface area (Å²) in [5.41, 5.74) is 5.69. The minimum absolute atomic E-state index is 0.124. The van der Waals surface area contributed by atoms with Gasteiger partial charge in [-0.15, -0.1) is 0 Å². The predicted octanol–water partition coefficient (Wildman–Crippen LogP) is 0.182. The van der Waals surface area contributed by atoms with Crippen molar-refractivity contribution in [2.45, 2.75) is 33.2 Å². The molecular weight excluding hydrogens is 190 g/mol. The van der Waals surface area contributed by atoms with E-state index in [4.69, 9.17) is 5.73 Å². The molecule has 1 heterocycles. The molecule has 1 unspecified atom stereocenters. The number of carbonyl (C=O) groups excluding carboxylic acids is 1. The Kier molecular flexibility index (Phi) is 4.11. The van der Waals surface area contributed by atoms with Crippen LogP contribution in [0.4, 0.5) is 0 Å². The highest BCUT2D eigenvalue weighted by molar-refractivity contribution is 5.80. The molecular formula is C11H23N3O. The van der Waals surface area contributed by atoms with E-state index < -0.39 is 0 Å². The van der Waals surface area contributed by atoms with Crippen molar-refractivity contribution in [1.82, 2.24) is 10.2 Å². The molecule has 0 aliphatic carbocycles. The van der Waals surface area contributed by atoms with E-state index in [0.717, 1.165) is 26.1 Å². The maximum atomic E-state index is 11.2. The molecule has 1 rings (SSSR count). The number of nitrogens with one attached hydrogen (secondary N) is 1. The van der Waals surface area contributed by atoms with Crippen LogP contribution in [0.1, 0.15) is 27.2 Å². The molecule has 4 nitrogen and oxygen atoms in total. The first kappa shape index (κ1) is 12.5. The molecule has 0 aromatic carbocycles. The number of nitrogens with two attached hydrogens (primary N) is 1. The van der Waals surface area contributed by atoms with Crippen LogP contribution in [0.2, 0.25) is 0 Å². The fourth-order valence-electron chi connectivity index (χ4n) is 1.77. The molecule has 0 aromatic rings. The van der Waals surface area contributed by atoms with E-state index >= 15 is 0 Å². The highest BCUT2D eigenvalue weighted by Crippen LogP contribution is 2.19. The van der Waals surface area contributed by atoms with Crippen LogP contribution in [0, 0.1) is 5.41 Å². The summed E-state index contributed by atoms with van der Waals surface area (Å²) in [5, 5.41) is 3.20. The molecule has 1 amide bonds. The smallest absolute Gasteiger partial charge is 0.236 e. The Balaban J connectivity index is 2.46. The Morgan fingerprint density at radius 2 is 2.20 bits per heavy atom. The molecule has 88 valence electrons. The lowest BCUT2D eigenvalue weighted by atomic mass is 9.91. The van der Waals surface area contributed by atoms with Crippen molar-refractivity contribution in [3.05, 3.63) is 0 Å². The lowest BCUT2D eigenvalue weighted by Gasteiger charge is -2.35. The van der Waals surface area contributed by atoms with Gasteiger partial charge in [0.1, 0.15) is 6.04 Å². The van der Waals surface area contributed by atoms with Gasteiger partial charge in [0.25, 0.3) is 0 Å². The van der Waals surface area contributed by atoms with Gasteiger partial charge in [0, 0.05) is 19.6 Å². The van der Waals surface area contributed by atoms with E-state index in [0.29, 0.717) is 12.0 Å². The Labute approximate surface area is 92.2 Å². The van der Waals surface area contributed by atoms with E-state index in [-0.39, 0.29) is 11.9 Å². The van der Waals surface area contributed by atoms with Crippen molar-refractivity contribution in [3.8, 4) is 0 Å². The number of primary amides is 1. The third kappa shape index (κ3) is 4.18. The summed E-state index contributed by atoms with van der Waals surface area (Å²) in [5.74, 6) is -0.212. The Morgan fingerprint density at radius 1 is 1.53 bits per heavy atom. The first-order chi connectivity index (χ1) is 6.90. The summed E-state index contributed by atoms with van der Waals surface area (Å²) < 4.78 is 0. The normalized spacial score (nSPS) is 24.1. The predicted molar refractivity (Wildman–Crippen MR) is 61.5 cm³/mol. The quantitative estimate of drug-likeness (QED) is 0.703. The van der Waals surface area contributed by atoms with E-state index in [1.807, 2.05) is 0 Å². The second-order valence-electron chi connectivity index (χ2n) is 5.47. The second kappa shape index (κ2) is 4.94. The van der Waals surface area contributed by atoms with Crippen molar-refractivity contribution in [2.75, 3.05) is 26.2 Å². The monoisotopic (exact) mass is 213 g/mol. The van der Waals surface area contributed by atoms with Crippen molar-refractivity contribution in [1.29, 1.82) is 0 Å². The molecule has 4 heteroatoms. The minimum Gasteiger partial charge on any atom is -0.368 e. The third-order valence-corrected chi connectivity index (χ3v) is 2.83. The molecule has 1 fully saturated rings. The van der Waals surface area contributed by atoms with Gasteiger partial charge in [0.2, 0.25) is 5.91 Å². The third-order valence-electron chi connectivity index (χ3n) is 2.83. The molecule has 1 saturated heterocycles. The first-order valence-electron chi connectivity index (χ1n) is 5.64. The molecule has 0 aromatic heterocycles. The number of hydrogen-bond acceptors (Lipinski definition) is 3. The van der Waals surface area contributed by atoms with Gasteiger partial charge in [0.05, 0.1) is 0 Å². The Bertz CT molecular complexity index is 222. The maximum Gasteiger partial charge on any atom is 0.236 e. The fraction of sp³-hybridized carbons (Fsp3) is 0.909. The largest absolute Gasteiger partial charge is 0.368 e. The average Bonchev–Trinajstić information content (AvgIpc) is 2.14. The summed E-state index contributed by atoms with van der Waals surface area (Å²) in [6, 6.07) is -0.124. The zero-order valence-electron chi connectivity index (χ0n) is 10.0. The van der Waals surface area contributed by atoms with Gasteiger partial charge in [-0.25, -0.2) is 0 Å². The summed E-state index contributed by atoms with van der Waals surface area (Å²) in [6.07, 6.45) is 1.09. The van der Waals surface area contributed by atoms with E-state index in [1.54, 1.807) is 0 Å². The Hall–Kier alpha value is -0.610. The van der Waals surface area contributed by atoms with E-state index in [9.17, 15) is 4.79 Å². The first-order valence-corrected chi connectivity index (χ1v) is 5.64. The van der Waals surface area contributed by atoms with Gasteiger partial charge in [-0.2, -0.15) is 0 Å². The van der Waals surface area contributed by atoms with Gasteiger partial charge in [-0.3, -0.25) is 9.69 Å². The van der Waals surface area contributed by atoms with Crippen molar-refractivity contribution in [3.63, 3.8) is 0 Å². The summed E-state index contributed by atoms with van der Waals surface area (Å²) in [6.45, 7) is 10.2. The minimum atomic E-state index is -0.212. The SMILES string of the molecule is CC(C)(C)CCN1CCNCC1C(N)=O. The van der Waals surface area contributed by atoms with Crippen LogP contribution in [-0.4, -0.2) is 43.0 Å². The summed E-state index contributed by atoms with van der Waals surface area (Å²) in [4.78, 5) is 13.4. The average molecular weight is 213 g/mol. The highest BCUT2D eigenvalue weighted by Gasteiger charge is 2.27. The zero-order chi connectivity index (χ0) is 11.5. The van der Waals surface area contributed by atoms with Gasteiger partial charge >= 0.3 is 0 Å². The molecule has 0 spiro atoms. The van der Waals surface area contributed by atoms with Gasteiger partial charge in [0.15, 0.2) is 0 Å². The number of rotatable bonds is 3. The van der Waals surface area contributed by atoms with Crippen LogP contribution in [0.3, 0.4) is 0 Å². The fourth-order valence-corrected chi connectivity index (χ4v) is 1.77. The molecule has 3 N–H and O–H groups in total. The van der Waals surface area contributed by atoms with Crippen molar-refractivity contribution in [2.24, 2.45) is 11.1 Å². The Morgan fingerprint density at radius 3 is 2.73 bits per heavy atom. The summed E-state index contributed by atoms with van der Waals surface area (Å²) in [7, 11) is 0. The number of amides is 1. The van der Waals surface area contributed by atoms with Crippen molar-refractivity contribution >= 4 is 5.91 Å². The number of hydrogen-bond donors (Lipinski definition) is 2. The highest BCUT2D eigenvalue weighted by atomic mass is 16.1. The van der Waals surface area contributed by atoms with Crippen LogP contribution in [-0.2, 0) is 4.79 Å². The molecule has 1 aliphatic rings. The van der Waals surface area contributed by atoms with Gasteiger partial charge < -0.3 is 11.1 Å². The van der Waals surface area contributed by atoms with Crippen LogP contribution < -0.4 is 11.1 Å². The number of piperazine rings is 1. The molecule has 1 aliphatic heterocycles.